The molecule has 0 saturated heterocycles. The topological polar surface area (TPSA) is 37.3 Å². The maximum Gasteiger partial charge on any atom is 0.153 e. The van der Waals surface area contributed by atoms with Crippen LogP contribution in [0.1, 0.15) is 50.0 Å². The van der Waals surface area contributed by atoms with Gasteiger partial charge in [-0.15, -0.1) is 6.42 Å². The first-order chi connectivity index (χ1) is 7.69. The standard InChI is InChI=1S/C9H6O2.C3H8.C2H6/c1-2-7-3-4-9(11)8(5-7)6-10;1-3-2;1-2/h1,3-6,11H;3H2,1-2H3;1-2H3. The molecule has 1 rings (SSSR count). The van der Waals surface area contributed by atoms with Gasteiger partial charge >= 0.3 is 0 Å². The molecule has 0 radical (unpaired) electrons. The van der Waals surface area contributed by atoms with Crippen LogP contribution in [0.3, 0.4) is 0 Å². The maximum atomic E-state index is 10.3. The number of benzene rings is 1. The number of hydrogen-bond acceptors (Lipinski definition) is 2. The Labute approximate surface area is 98.3 Å². The van der Waals surface area contributed by atoms with Crippen molar-refractivity contribution in [1.82, 2.24) is 0 Å². The minimum atomic E-state index is -0.0426. The smallest absolute Gasteiger partial charge is 0.153 e. The van der Waals surface area contributed by atoms with Crippen molar-refractivity contribution in [2.75, 3.05) is 0 Å². The van der Waals surface area contributed by atoms with Crippen LogP contribution in [0.2, 0.25) is 0 Å². The van der Waals surface area contributed by atoms with E-state index in [0.717, 1.165) is 0 Å². The monoisotopic (exact) mass is 220 g/mol. The van der Waals surface area contributed by atoms with Crippen molar-refractivity contribution >= 4 is 6.29 Å². The van der Waals surface area contributed by atoms with Gasteiger partial charge in [0.1, 0.15) is 5.75 Å². The molecular formula is C14H20O2. The van der Waals surface area contributed by atoms with E-state index in [2.05, 4.69) is 19.8 Å². The Morgan fingerprint density at radius 2 is 1.88 bits per heavy atom. The van der Waals surface area contributed by atoms with E-state index in [-0.39, 0.29) is 11.3 Å². The summed E-state index contributed by atoms with van der Waals surface area (Å²) in [7, 11) is 0. The Kier molecular flexibility index (Phi) is 11.8. The summed E-state index contributed by atoms with van der Waals surface area (Å²) in [5.41, 5.74) is 0.811. The molecule has 0 atom stereocenters. The number of terminal acetylenes is 1. The summed E-state index contributed by atoms with van der Waals surface area (Å²) in [5, 5.41) is 9.03. The summed E-state index contributed by atoms with van der Waals surface area (Å²) in [6.45, 7) is 8.25. The van der Waals surface area contributed by atoms with E-state index in [0.29, 0.717) is 11.8 Å². The van der Waals surface area contributed by atoms with Crippen molar-refractivity contribution < 1.29 is 9.90 Å². The third-order valence-corrected chi connectivity index (χ3v) is 1.32. The van der Waals surface area contributed by atoms with Crippen LogP contribution in [0.15, 0.2) is 18.2 Å². The first-order valence-electron chi connectivity index (χ1n) is 5.44. The Morgan fingerprint density at radius 3 is 2.25 bits per heavy atom. The van der Waals surface area contributed by atoms with Gasteiger partial charge in [-0.25, -0.2) is 0 Å². The second-order valence-electron chi connectivity index (χ2n) is 2.74. The van der Waals surface area contributed by atoms with E-state index < -0.39 is 0 Å². The minimum Gasteiger partial charge on any atom is -0.507 e. The lowest BCUT2D eigenvalue weighted by molar-refractivity contribution is 0.112. The summed E-state index contributed by atoms with van der Waals surface area (Å²) < 4.78 is 0. The molecule has 0 aliphatic heterocycles. The van der Waals surface area contributed by atoms with E-state index in [1.165, 1.54) is 18.6 Å². The molecule has 0 aromatic heterocycles. The lowest BCUT2D eigenvalue weighted by Crippen LogP contribution is -1.82. The summed E-state index contributed by atoms with van der Waals surface area (Å²) >= 11 is 0. The van der Waals surface area contributed by atoms with E-state index in [4.69, 9.17) is 11.5 Å². The molecule has 0 fully saturated rings. The number of hydrogen-bond donors (Lipinski definition) is 1. The molecule has 0 spiro atoms. The first kappa shape index (κ1) is 16.7. The number of rotatable bonds is 1. The molecule has 0 heterocycles. The van der Waals surface area contributed by atoms with Gasteiger partial charge < -0.3 is 5.11 Å². The fourth-order valence-electron chi connectivity index (χ4n) is 0.739. The Morgan fingerprint density at radius 1 is 1.38 bits per heavy atom. The summed E-state index contributed by atoms with van der Waals surface area (Å²) in [6, 6.07) is 4.43. The molecule has 0 bridgehead atoms. The molecule has 0 unspecified atom stereocenters. The lowest BCUT2D eigenvalue weighted by atomic mass is 10.1. The van der Waals surface area contributed by atoms with Gasteiger partial charge in [0.25, 0.3) is 0 Å². The largest absolute Gasteiger partial charge is 0.507 e. The Hall–Kier alpha value is -1.75. The molecule has 0 amide bonds. The second kappa shape index (κ2) is 11.3. The number of phenolic OH excluding ortho intramolecular Hbond substituents is 1. The summed E-state index contributed by atoms with van der Waals surface area (Å²) in [6.07, 6.45) is 6.89. The highest BCUT2D eigenvalue weighted by Gasteiger charge is 1.98. The van der Waals surface area contributed by atoms with E-state index in [1.807, 2.05) is 13.8 Å². The highest BCUT2D eigenvalue weighted by atomic mass is 16.3. The normalized spacial score (nSPS) is 7.44. The first-order valence-corrected chi connectivity index (χ1v) is 5.44. The fraction of sp³-hybridized carbons (Fsp3) is 0.357. The van der Waals surface area contributed by atoms with E-state index in [1.54, 1.807) is 6.07 Å². The van der Waals surface area contributed by atoms with Gasteiger partial charge in [-0.3, -0.25) is 4.79 Å². The predicted octanol–water partition coefficient (Wildman–Crippen LogP) is 3.63. The van der Waals surface area contributed by atoms with Gasteiger partial charge in [-0.1, -0.05) is 40.0 Å². The van der Waals surface area contributed by atoms with Crippen molar-refractivity contribution in [2.24, 2.45) is 0 Å². The molecule has 88 valence electrons. The quantitative estimate of drug-likeness (QED) is 0.579. The maximum absolute atomic E-state index is 10.3. The van der Waals surface area contributed by atoms with Crippen molar-refractivity contribution in [2.45, 2.75) is 34.1 Å². The summed E-state index contributed by atoms with van der Waals surface area (Å²) in [5.74, 6) is 2.32. The zero-order valence-corrected chi connectivity index (χ0v) is 10.4. The molecule has 1 N–H and O–H groups in total. The van der Waals surface area contributed by atoms with Gasteiger partial charge in [-0.05, 0) is 18.2 Å². The molecule has 1 aromatic rings. The molecule has 1 aromatic carbocycles. The SMILES string of the molecule is C#Cc1ccc(O)c(C=O)c1.CC.CCC. The molecule has 0 aliphatic rings. The predicted molar refractivity (Wildman–Crippen MR) is 68.7 cm³/mol. The van der Waals surface area contributed by atoms with E-state index in [9.17, 15) is 4.79 Å². The number of carbonyl (C=O) groups is 1. The van der Waals surface area contributed by atoms with Crippen LogP contribution in [0.4, 0.5) is 0 Å². The lowest BCUT2D eigenvalue weighted by Gasteiger charge is -1.95. The second-order valence-corrected chi connectivity index (χ2v) is 2.74. The van der Waals surface area contributed by atoms with Gasteiger partial charge in [0, 0.05) is 5.56 Å². The third kappa shape index (κ3) is 6.67. The van der Waals surface area contributed by atoms with Crippen molar-refractivity contribution in [3.63, 3.8) is 0 Å². The molecule has 16 heavy (non-hydrogen) atoms. The van der Waals surface area contributed by atoms with Gasteiger partial charge in [0.15, 0.2) is 6.29 Å². The Balaban J connectivity index is 0. The number of aromatic hydroxyl groups is 1. The highest BCUT2D eigenvalue weighted by molar-refractivity contribution is 5.79. The Bertz CT molecular complexity index is 335. The highest BCUT2D eigenvalue weighted by Crippen LogP contribution is 2.15. The zero-order chi connectivity index (χ0) is 13.0. The molecule has 0 saturated carbocycles. The minimum absolute atomic E-state index is 0.0426. The van der Waals surface area contributed by atoms with Crippen molar-refractivity contribution in [3.8, 4) is 18.1 Å². The van der Waals surface area contributed by atoms with Crippen LogP contribution in [0.5, 0.6) is 5.75 Å². The van der Waals surface area contributed by atoms with Crippen LogP contribution < -0.4 is 0 Å². The zero-order valence-electron chi connectivity index (χ0n) is 10.4. The number of phenols is 1. The average molecular weight is 220 g/mol. The molecule has 0 aliphatic carbocycles. The van der Waals surface area contributed by atoms with Crippen LogP contribution in [0.25, 0.3) is 0 Å². The van der Waals surface area contributed by atoms with Gasteiger partial charge in [0.2, 0.25) is 0 Å². The van der Waals surface area contributed by atoms with Crippen LogP contribution in [0, 0.1) is 12.3 Å². The van der Waals surface area contributed by atoms with Crippen LogP contribution in [-0.2, 0) is 0 Å². The van der Waals surface area contributed by atoms with Crippen LogP contribution >= 0.6 is 0 Å². The third-order valence-electron chi connectivity index (χ3n) is 1.32. The molecule has 2 heteroatoms. The van der Waals surface area contributed by atoms with E-state index >= 15 is 0 Å². The summed E-state index contributed by atoms with van der Waals surface area (Å²) in [4.78, 5) is 10.3. The van der Waals surface area contributed by atoms with Crippen molar-refractivity contribution in [3.05, 3.63) is 29.3 Å². The van der Waals surface area contributed by atoms with Crippen LogP contribution in [-0.4, -0.2) is 11.4 Å². The van der Waals surface area contributed by atoms with Gasteiger partial charge in [0.05, 0.1) is 5.56 Å². The average Bonchev–Trinajstić information content (AvgIpc) is 2.33. The molecule has 2 nitrogen and oxygen atoms in total. The fourth-order valence-corrected chi connectivity index (χ4v) is 0.739. The number of carbonyl (C=O) groups excluding carboxylic acids is 1. The van der Waals surface area contributed by atoms with Gasteiger partial charge in [-0.2, -0.15) is 0 Å². The van der Waals surface area contributed by atoms with Crippen molar-refractivity contribution in [1.29, 1.82) is 0 Å². The molecular weight excluding hydrogens is 200 g/mol. The number of aldehydes is 1.